The molecule has 84 valence electrons. The van der Waals surface area contributed by atoms with Gasteiger partial charge in [0.25, 0.3) is 0 Å². The number of benzene rings is 1. The maximum absolute atomic E-state index is 5.91. The molecule has 0 aliphatic carbocycles. The van der Waals surface area contributed by atoms with Crippen LogP contribution in [-0.4, -0.2) is 11.5 Å². The van der Waals surface area contributed by atoms with Crippen LogP contribution in [0, 0.1) is 0 Å². The summed E-state index contributed by atoms with van der Waals surface area (Å²) < 4.78 is 9.74. The molecule has 1 aromatic carbocycles. The first-order valence-electron chi connectivity index (χ1n) is 4.20. The van der Waals surface area contributed by atoms with Gasteiger partial charge in [-0.05, 0) is 22.5 Å². The highest BCUT2D eigenvalue weighted by atomic mass is 35.5. The van der Waals surface area contributed by atoms with Gasteiger partial charge in [0.15, 0.2) is 9.82 Å². The zero-order valence-electron chi connectivity index (χ0n) is 8.11. The van der Waals surface area contributed by atoms with E-state index in [9.17, 15) is 0 Å². The van der Waals surface area contributed by atoms with E-state index in [1.807, 2.05) is 0 Å². The van der Waals surface area contributed by atoms with E-state index >= 15 is 0 Å². The van der Waals surface area contributed by atoms with Gasteiger partial charge < -0.3 is 4.74 Å². The van der Waals surface area contributed by atoms with Gasteiger partial charge in [0.2, 0.25) is 0 Å². The number of methoxy groups -OCH3 is 1. The van der Waals surface area contributed by atoms with Gasteiger partial charge in [0.05, 0.1) is 17.8 Å². The van der Waals surface area contributed by atoms with Crippen LogP contribution >= 0.6 is 44.1 Å². The first-order chi connectivity index (χ1) is 7.70. The van der Waals surface area contributed by atoms with Crippen LogP contribution in [0.4, 0.5) is 5.69 Å². The molecule has 2 rings (SSSR count). The fraction of sp³-hybridized carbons (Fsp3) is 0.111. The third kappa shape index (κ3) is 2.55. The normalized spacial score (nSPS) is 11.8. The van der Waals surface area contributed by atoms with Crippen molar-refractivity contribution in [2.24, 2.45) is 4.99 Å². The van der Waals surface area contributed by atoms with Gasteiger partial charge in [-0.25, -0.2) is 4.99 Å². The lowest BCUT2D eigenvalue weighted by atomic mass is 10.3. The average Bonchev–Trinajstić information content (AvgIpc) is 2.67. The van der Waals surface area contributed by atoms with E-state index in [0.29, 0.717) is 20.6 Å². The lowest BCUT2D eigenvalue weighted by Gasteiger charge is -2.02. The molecule has 1 heterocycles. The number of nitrogens with zero attached hydrogens (tertiary/aromatic N) is 2. The van der Waals surface area contributed by atoms with Crippen molar-refractivity contribution in [2.45, 2.75) is 0 Å². The molecule has 2 aromatic rings. The van der Waals surface area contributed by atoms with Crippen LogP contribution < -0.4 is 9.41 Å². The second-order valence-corrected chi connectivity index (χ2v) is 5.37. The Hall–Kier alpha value is -0.620. The largest absolute Gasteiger partial charge is 0.495 e. The summed E-state index contributed by atoms with van der Waals surface area (Å²) in [6.45, 7) is 0. The summed E-state index contributed by atoms with van der Waals surface area (Å²) in [5, 5.41) is 0.976. The highest BCUT2D eigenvalue weighted by Crippen LogP contribution is 2.28. The molecule has 0 saturated carbocycles. The minimum Gasteiger partial charge on any atom is -0.495 e. The molecule has 0 N–H and O–H groups in total. The van der Waals surface area contributed by atoms with Crippen molar-refractivity contribution in [3.05, 3.63) is 33.0 Å². The maximum Gasteiger partial charge on any atom is 0.179 e. The van der Waals surface area contributed by atoms with Crippen molar-refractivity contribution in [1.82, 2.24) is 4.37 Å². The third-order valence-corrected chi connectivity index (χ3v) is 4.26. The SMILES string of the molecule is COc1cc(N=c2ssnc2Cl)ccc1Cl. The van der Waals surface area contributed by atoms with Crippen LogP contribution in [0.1, 0.15) is 0 Å². The standard InChI is InChI=1S/C9H6Cl2N2OS2/c1-14-7-4-5(2-3-6(7)10)12-9-8(11)13-16-15-9/h2-4H,1H3. The maximum atomic E-state index is 5.91. The molecule has 16 heavy (non-hydrogen) atoms. The molecule has 7 heteroatoms. The van der Waals surface area contributed by atoms with Gasteiger partial charge in [-0.3, -0.25) is 0 Å². The summed E-state index contributed by atoms with van der Waals surface area (Å²) in [7, 11) is 4.29. The van der Waals surface area contributed by atoms with Crippen LogP contribution in [0.25, 0.3) is 0 Å². The van der Waals surface area contributed by atoms with Gasteiger partial charge in [-0.1, -0.05) is 23.2 Å². The number of rotatable bonds is 2. The third-order valence-electron chi connectivity index (χ3n) is 1.78. The number of ether oxygens (including phenoxy) is 1. The Morgan fingerprint density at radius 2 is 2.19 bits per heavy atom. The second-order valence-electron chi connectivity index (χ2n) is 2.78. The van der Waals surface area contributed by atoms with Crippen LogP contribution in [0.5, 0.6) is 5.75 Å². The van der Waals surface area contributed by atoms with E-state index < -0.39 is 0 Å². The highest BCUT2D eigenvalue weighted by Gasteiger charge is 2.02. The average molecular weight is 293 g/mol. The summed E-state index contributed by atoms with van der Waals surface area (Å²) in [6, 6.07) is 5.28. The fourth-order valence-electron chi connectivity index (χ4n) is 1.06. The van der Waals surface area contributed by atoms with E-state index in [1.54, 1.807) is 25.3 Å². The Morgan fingerprint density at radius 3 is 2.81 bits per heavy atom. The molecule has 0 amide bonds. The highest BCUT2D eigenvalue weighted by molar-refractivity contribution is 7.66. The predicted octanol–water partition coefficient (Wildman–Crippen LogP) is 3.75. The van der Waals surface area contributed by atoms with Crippen LogP contribution in [0.2, 0.25) is 10.2 Å². The quantitative estimate of drug-likeness (QED) is 0.790. The van der Waals surface area contributed by atoms with Gasteiger partial charge in [-0.2, -0.15) is 4.37 Å². The summed E-state index contributed by atoms with van der Waals surface area (Å²) in [4.78, 5) is 4.35. The van der Waals surface area contributed by atoms with Crippen molar-refractivity contribution < 1.29 is 4.74 Å². The van der Waals surface area contributed by atoms with Crippen molar-refractivity contribution >= 4 is 49.8 Å². The van der Waals surface area contributed by atoms with Crippen LogP contribution in [0.3, 0.4) is 0 Å². The van der Waals surface area contributed by atoms with Crippen LogP contribution in [-0.2, 0) is 0 Å². The number of halogens is 2. The summed E-state index contributed by atoms with van der Waals surface area (Å²) in [5.74, 6) is 0.590. The minimum atomic E-state index is 0.420. The molecule has 0 saturated heterocycles. The number of hydrogen-bond acceptors (Lipinski definition) is 5. The molecule has 0 radical (unpaired) electrons. The predicted molar refractivity (Wildman–Crippen MR) is 68.2 cm³/mol. The van der Waals surface area contributed by atoms with E-state index in [4.69, 9.17) is 27.9 Å². The van der Waals surface area contributed by atoms with Gasteiger partial charge in [-0.15, -0.1) is 0 Å². The zero-order valence-corrected chi connectivity index (χ0v) is 11.3. The van der Waals surface area contributed by atoms with E-state index in [2.05, 4.69) is 9.37 Å². The Balaban J connectivity index is 2.47. The molecule has 0 unspecified atom stereocenters. The van der Waals surface area contributed by atoms with Gasteiger partial charge in [0.1, 0.15) is 5.75 Å². The Kier molecular flexibility index (Phi) is 3.81. The van der Waals surface area contributed by atoms with E-state index in [0.717, 1.165) is 5.69 Å². The van der Waals surface area contributed by atoms with Gasteiger partial charge >= 0.3 is 0 Å². The Labute approximate surface area is 110 Å². The van der Waals surface area contributed by atoms with Crippen molar-refractivity contribution in [3.63, 3.8) is 0 Å². The smallest absolute Gasteiger partial charge is 0.179 e. The summed E-state index contributed by atoms with van der Waals surface area (Å²) in [5.41, 5.74) is 0.736. The topological polar surface area (TPSA) is 34.5 Å². The lowest BCUT2D eigenvalue weighted by molar-refractivity contribution is 0.415. The van der Waals surface area contributed by atoms with Gasteiger partial charge in [0, 0.05) is 16.6 Å². The molecule has 0 atom stereocenters. The van der Waals surface area contributed by atoms with E-state index in [1.165, 1.54) is 20.9 Å². The molecule has 0 spiro atoms. The molecule has 3 nitrogen and oxygen atoms in total. The molecule has 0 aliphatic heterocycles. The molecule has 0 fully saturated rings. The fourth-order valence-corrected chi connectivity index (χ4v) is 3.25. The number of aromatic nitrogens is 1. The summed E-state index contributed by atoms with van der Waals surface area (Å²) in [6.07, 6.45) is 0. The zero-order chi connectivity index (χ0) is 11.5. The first kappa shape index (κ1) is 11.9. The molecule has 0 bridgehead atoms. The van der Waals surface area contributed by atoms with Crippen molar-refractivity contribution in [1.29, 1.82) is 0 Å². The Bertz CT molecular complexity index is 565. The number of hydrogen-bond donors (Lipinski definition) is 0. The van der Waals surface area contributed by atoms with Crippen LogP contribution in [0.15, 0.2) is 23.2 Å². The second kappa shape index (κ2) is 5.14. The molecular weight excluding hydrogens is 287 g/mol. The minimum absolute atomic E-state index is 0.420. The summed E-state index contributed by atoms with van der Waals surface area (Å²) >= 11 is 11.8. The van der Waals surface area contributed by atoms with Crippen molar-refractivity contribution in [2.75, 3.05) is 7.11 Å². The lowest BCUT2D eigenvalue weighted by Crippen LogP contribution is -1.92. The van der Waals surface area contributed by atoms with Crippen molar-refractivity contribution in [3.8, 4) is 5.75 Å². The molecule has 0 aliphatic rings. The molecule has 1 aromatic heterocycles. The first-order valence-corrected chi connectivity index (χ1v) is 7.07. The monoisotopic (exact) mass is 292 g/mol. The Morgan fingerprint density at radius 1 is 1.38 bits per heavy atom. The molecular formula is C9H6Cl2N2OS2. The van der Waals surface area contributed by atoms with E-state index in [-0.39, 0.29) is 0 Å².